The Morgan fingerprint density at radius 1 is 1.28 bits per heavy atom. The molecule has 2 N–H and O–H groups in total. The molecule has 0 atom stereocenters. The van der Waals surface area contributed by atoms with Crippen molar-refractivity contribution in [2.24, 2.45) is 5.92 Å². The van der Waals surface area contributed by atoms with Crippen molar-refractivity contribution in [2.75, 3.05) is 5.73 Å². The van der Waals surface area contributed by atoms with Gasteiger partial charge in [0.25, 0.3) is 0 Å². The lowest BCUT2D eigenvalue weighted by molar-refractivity contribution is 0.279. The van der Waals surface area contributed by atoms with E-state index in [0.717, 1.165) is 33.7 Å². The number of benzene rings is 1. The molecule has 1 aromatic carbocycles. The van der Waals surface area contributed by atoms with E-state index in [4.69, 9.17) is 10.3 Å². The summed E-state index contributed by atoms with van der Waals surface area (Å²) < 4.78 is 6.46. The number of nitrogens with two attached hydrogens (primary N) is 1. The third-order valence-corrected chi connectivity index (χ3v) is 4.15. The van der Waals surface area contributed by atoms with Gasteiger partial charge in [-0.2, -0.15) is 0 Å². The van der Waals surface area contributed by atoms with Crippen LogP contribution in [0.1, 0.15) is 25.0 Å². The molecule has 0 amide bonds. The van der Waals surface area contributed by atoms with Crippen molar-refractivity contribution < 1.29 is 4.52 Å². The molecular formula is C14H15BrN2O. The fourth-order valence-electron chi connectivity index (χ4n) is 2.36. The standard InChI is InChI=1S/C14H15BrN2O/c15-11-6-4-10(5-7-11)13-12(18-17-14(13)16)8-9-2-1-3-9/h4-7,9H,1-3,8H2,(H2,16,17). The van der Waals surface area contributed by atoms with Crippen LogP contribution in [0, 0.1) is 5.92 Å². The first-order valence-corrected chi connectivity index (χ1v) is 7.03. The van der Waals surface area contributed by atoms with Crippen molar-refractivity contribution in [2.45, 2.75) is 25.7 Å². The second-order valence-corrected chi connectivity index (χ2v) is 5.79. The predicted octanol–water partition coefficient (Wildman–Crippen LogP) is 4.03. The Labute approximate surface area is 114 Å². The molecule has 1 heterocycles. The molecule has 1 aliphatic rings. The monoisotopic (exact) mass is 306 g/mol. The van der Waals surface area contributed by atoms with Gasteiger partial charge in [0.2, 0.25) is 0 Å². The zero-order chi connectivity index (χ0) is 12.5. The number of aromatic nitrogens is 1. The maximum Gasteiger partial charge on any atom is 0.175 e. The molecule has 0 bridgehead atoms. The summed E-state index contributed by atoms with van der Waals surface area (Å²) in [5, 5.41) is 3.92. The van der Waals surface area contributed by atoms with Crippen molar-refractivity contribution in [1.29, 1.82) is 0 Å². The normalized spacial score (nSPS) is 15.6. The molecule has 1 aromatic heterocycles. The summed E-state index contributed by atoms with van der Waals surface area (Å²) in [5.41, 5.74) is 7.97. The Kier molecular flexibility index (Phi) is 3.12. The first-order valence-electron chi connectivity index (χ1n) is 6.24. The van der Waals surface area contributed by atoms with Crippen LogP contribution in [0.25, 0.3) is 11.1 Å². The van der Waals surface area contributed by atoms with E-state index < -0.39 is 0 Å². The number of hydrogen-bond acceptors (Lipinski definition) is 3. The minimum atomic E-state index is 0.492. The molecule has 1 aliphatic carbocycles. The Morgan fingerprint density at radius 2 is 2.00 bits per heavy atom. The molecular weight excluding hydrogens is 292 g/mol. The second kappa shape index (κ2) is 4.76. The third-order valence-electron chi connectivity index (χ3n) is 3.62. The molecule has 3 rings (SSSR count). The zero-order valence-electron chi connectivity index (χ0n) is 10.0. The highest BCUT2D eigenvalue weighted by molar-refractivity contribution is 9.10. The fourth-order valence-corrected chi connectivity index (χ4v) is 2.63. The average Bonchev–Trinajstić information content (AvgIpc) is 2.67. The van der Waals surface area contributed by atoms with Gasteiger partial charge in [-0.15, -0.1) is 0 Å². The van der Waals surface area contributed by atoms with E-state index in [0.29, 0.717) is 5.82 Å². The van der Waals surface area contributed by atoms with Gasteiger partial charge in [-0.3, -0.25) is 0 Å². The summed E-state index contributed by atoms with van der Waals surface area (Å²) in [7, 11) is 0. The lowest BCUT2D eigenvalue weighted by atomic mass is 9.81. The maximum atomic E-state index is 5.93. The van der Waals surface area contributed by atoms with Gasteiger partial charge in [-0.05, 0) is 23.6 Å². The lowest BCUT2D eigenvalue weighted by Crippen LogP contribution is -2.13. The molecule has 0 saturated heterocycles. The molecule has 1 saturated carbocycles. The predicted molar refractivity (Wildman–Crippen MR) is 75.1 cm³/mol. The van der Waals surface area contributed by atoms with Crippen LogP contribution in [0.2, 0.25) is 0 Å². The zero-order valence-corrected chi connectivity index (χ0v) is 11.6. The van der Waals surface area contributed by atoms with E-state index in [2.05, 4.69) is 21.1 Å². The molecule has 3 nitrogen and oxygen atoms in total. The van der Waals surface area contributed by atoms with Crippen molar-refractivity contribution in [3.05, 3.63) is 34.5 Å². The van der Waals surface area contributed by atoms with E-state index in [1.54, 1.807) is 0 Å². The molecule has 4 heteroatoms. The number of hydrogen-bond donors (Lipinski definition) is 1. The topological polar surface area (TPSA) is 52.0 Å². The number of nitrogen functional groups attached to an aromatic ring is 1. The summed E-state index contributed by atoms with van der Waals surface area (Å²) in [6.07, 6.45) is 4.87. The molecule has 2 aromatic rings. The Morgan fingerprint density at radius 3 is 2.61 bits per heavy atom. The quantitative estimate of drug-likeness (QED) is 0.931. The molecule has 0 unspecified atom stereocenters. The van der Waals surface area contributed by atoms with Gasteiger partial charge in [-0.25, -0.2) is 0 Å². The van der Waals surface area contributed by atoms with Crippen LogP contribution < -0.4 is 5.73 Å². The minimum absolute atomic E-state index is 0.492. The summed E-state index contributed by atoms with van der Waals surface area (Å²) in [6, 6.07) is 8.10. The summed E-state index contributed by atoms with van der Waals surface area (Å²) in [5.74, 6) is 2.16. The van der Waals surface area contributed by atoms with Crippen LogP contribution >= 0.6 is 15.9 Å². The van der Waals surface area contributed by atoms with Crippen LogP contribution in [0.3, 0.4) is 0 Å². The highest BCUT2D eigenvalue weighted by atomic mass is 79.9. The van der Waals surface area contributed by atoms with Crippen LogP contribution in [-0.4, -0.2) is 5.16 Å². The van der Waals surface area contributed by atoms with Gasteiger partial charge in [0.05, 0.1) is 5.56 Å². The van der Waals surface area contributed by atoms with Gasteiger partial charge in [-0.1, -0.05) is 52.5 Å². The fraction of sp³-hybridized carbons (Fsp3) is 0.357. The second-order valence-electron chi connectivity index (χ2n) is 4.87. The first kappa shape index (κ1) is 11.8. The van der Waals surface area contributed by atoms with Gasteiger partial charge < -0.3 is 10.3 Å². The molecule has 1 fully saturated rings. The van der Waals surface area contributed by atoms with Crippen molar-refractivity contribution in [3.63, 3.8) is 0 Å². The Bertz CT molecular complexity index is 543. The van der Waals surface area contributed by atoms with E-state index in [-0.39, 0.29) is 0 Å². The van der Waals surface area contributed by atoms with Crippen molar-refractivity contribution in [3.8, 4) is 11.1 Å². The van der Waals surface area contributed by atoms with Gasteiger partial charge in [0.15, 0.2) is 5.82 Å². The van der Waals surface area contributed by atoms with Crippen LogP contribution in [0.15, 0.2) is 33.3 Å². The van der Waals surface area contributed by atoms with E-state index in [1.807, 2.05) is 24.3 Å². The lowest BCUT2D eigenvalue weighted by Gasteiger charge is -2.24. The Balaban J connectivity index is 1.94. The number of anilines is 1. The summed E-state index contributed by atoms with van der Waals surface area (Å²) in [6.45, 7) is 0. The van der Waals surface area contributed by atoms with Gasteiger partial charge in [0.1, 0.15) is 5.76 Å². The molecule has 0 spiro atoms. The third kappa shape index (κ3) is 2.17. The van der Waals surface area contributed by atoms with E-state index >= 15 is 0 Å². The van der Waals surface area contributed by atoms with Crippen molar-refractivity contribution in [1.82, 2.24) is 5.16 Å². The molecule has 0 radical (unpaired) electrons. The SMILES string of the molecule is Nc1noc(CC2CCC2)c1-c1ccc(Br)cc1. The summed E-state index contributed by atoms with van der Waals surface area (Å²) >= 11 is 3.44. The Hall–Kier alpha value is -1.29. The van der Waals surface area contributed by atoms with E-state index in [9.17, 15) is 0 Å². The molecule has 0 aliphatic heterocycles. The van der Waals surface area contributed by atoms with Gasteiger partial charge >= 0.3 is 0 Å². The minimum Gasteiger partial charge on any atom is -0.380 e. The largest absolute Gasteiger partial charge is 0.380 e. The first-order chi connectivity index (χ1) is 8.74. The number of rotatable bonds is 3. The van der Waals surface area contributed by atoms with Crippen LogP contribution in [0.5, 0.6) is 0 Å². The van der Waals surface area contributed by atoms with Crippen molar-refractivity contribution >= 4 is 21.7 Å². The van der Waals surface area contributed by atoms with E-state index in [1.165, 1.54) is 19.3 Å². The number of nitrogens with zero attached hydrogens (tertiary/aromatic N) is 1. The average molecular weight is 307 g/mol. The highest BCUT2D eigenvalue weighted by Crippen LogP contribution is 2.36. The summed E-state index contributed by atoms with van der Waals surface area (Å²) in [4.78, 5) is 0. The molecule has 94 valence electrons. The van der Waals surface area contributed by atoms with Gasteiger partial charge in [0, 0.05) is 10.9 Å². The highest BCUT2D eigenvalue weighted by Gasteiger charge is 2.23. The maximum absolute atomic E-state index is 5.93. The van der Waals surface area contributed by atoms with Crippen LogP contribution in [-0.2, 0) is 6.42 Å². The van der Waals surface area contributed by atoms with Crippen LogP contribution in [0.4, 0.5) is 5.82 Å². The molecule has 18 heavy (non-hydrogen) atoms. The smallest absolute Gasteiger partial charge is 0.175 e. The number of halogens is 1.